The van der Waals surface area contributed by atoms with Crippen LogP contribution in [-0.4, -0.2) is 54.3 Å². The number of carbonyl (C=O) groups is 1. The van der Waals surface area contributed by atoms with Crippen LogP contribution in [0, 0.1) is 0 Å². The van der Waals surface area contributed by atoms with E-state index in [0.29, 0.717) is 23.2 Å². The number of alkyl halides is 3. The molecule has 0 aliphatic carbocycles. The van der Waals surface area contributed by atoms with E-state index in [4.69, 9.17) is 11.6 Å². The largest absolute Gasteiger partial charge is 0.573 e. The van der Waals surface area contributed by atoms with Gasteiger partial charge in [0, 0.05) is 44.5 Å². The number of ether oxygens (including phenoxy) is 1. The molecule has 32 heavy (non-hydrogen) atoms. The highest BCUT2D eigenvalue weighted by Crippen LogP contribution is 2.36. The molecule has 0 aromatic heterocycles. The van der Waals surface area contributed by atoms with E-state index in [0.717, 1.165) is 36.4 Å². The molecule has 3 aliphatic rings. The van der Waals surface area contributed by atoms with Gasteiger partial charge in [0.15, 0.2) is 0 Å². The summed E-state index contributed by atoms with van der Waals surface area (Å²) in [6.07, 6.45) is -2.27. The van der Waals surface area contributed by atoms with Crippen molar-refractivity contribution in [3.8, 4) is 5.75 Å². The van der Waals surface area contributed by atoms with Crippen LogP contribution in [0.25, 0.3) is 0 Å². The first-order valence-electron chi connectivity index (χ1n) is 10.7. The zero-order valence-corrected chi connectivity index (χ0v) is 18.1. The third-order valence-corrected chi connectivity index (χ3v) is 6.80. The average molecular weight is 466 g/mol. The molecule has 5 nitrogen and oxygen atoms in total. The van der Waals surface area contributed by atoms with Gasteiger partial charge >= 0.3 is 6.36 Å². The van der Waals surface area contributed by atoms with Crippen LogP contribution in [0.2, 0.25) is 5.02 Å². The van der Waals surface area contributed by atoms with Gasteiger partial charge in [0.1, 0.15) is 5.75 Å². The first kappa shape index (κ1) is 21.4. The lowest BCUT2D eigenvalue weighted by atomic mass is 10.1. The van der Waals surface area contributed by atoms with Crippen molar-refractivity contribution in [3.63, 3.8) is 0 Å². The summed E-state index contributed by atoms with van der Waals surface area (Å²) in [5.41, 5.74) is 3.17. The van der Waals surface area contributed by atoms with Crippen molar-refractivity contribution >= 4 is 23.2 Å². The van der Waals surface area contributed by atoms with Gasteiger partial charge in [-0.25, -0.2) is 0 Å². The molecule has 3 heterocycles. The summed E-state index contributed by atoms with van der Waals surface area (Å²) >= 11 is 6.54. The van der Waals surface area contributed by atoms with Gasteiger partial charge in [0.2, 0.25) is 0 Å². The van der Waals surface area contributed by atoms with Crippen LogP contribution in [0.3, 0.4) is 0 Å². The molecule has 1 atom stereocenters. The van der Waals surface area contributed by atoms with Gasteiger partial charge < -0.3 is 14.5 Å². The van der Waals surface area contributed by atoms with Gasteiger partial charge in [-0.05, 0) is 54.8 Å². The molecule has 5 rings (SSSR count). The smallest absolute Gasteiger partial charge is 0.406 e. The third kappa shape index (κ3) is 4.26. The van der Waals surface area contributed by atoms with Crippen LogP contribution < -0.4 is 9.64 Å². The van der Waals surface area contributed by atoms with Gasteiger partial charge in [-0.2, -0.15) is 0 Å². The molecular formula is C23H23ClF3N3O2. The lowest BCUT2D eigenvalue weighted by molar-refractivity contribution is -0.274. The number of amides is 1. The number of piperazine rings is 1. The molecule has 0 radical (unpaired) electrons. The first-order chi connectivity index (χ1) is 15.3. The molecule has 2 aromatic carbocycles. The van der Waals surface area contributed by atoms with E-state index in [9.17, 15) is 18.0 Å². The highest BCUT2D eigenvalue weighted by molar-refractivity contribution is 6.34. The maximum absolute atomic E-state index is 13.0. The van der Waals surface area contributed by atoms with Crippen LogP contribution in [0.4, 0.5) is 18.9 Å². The molecule has 3 aliphatic heterocycles. The molecule has 0 spiro atoms. The number of hydrogen-bond acceptors (Lipinski definition) is 4. The molecule has 2 aromatic rings. The number of rotatable bonds is 4. The Hall–Kier alpha value is -2.45. The van der Waals surface area contributed by atoms with Crippen LogP contribution in [0.1, 0.15) is 34.3 Å². The minimum Gasteiger partial charge on any atom is -0.406 e. The quantitative estimate of drug-likeness (QED) is 0.657. The minimum atomic E-state index is -4.73. The second kappa shape index (κ2) is 8.15. The normalized spacial score (nSPS) is 21.1. The van der Waals surface area contributed by atoms with Crippen molar-refractivity contribution in [1.29, 1.82) is 0 Å². The first-order valence-corrected chi connectivity index (χ1v) is 11.1. The predicted molar refractivity (Wildman–Crippen MR) is 115 cm³/mol. The molecule has 1 amide bonds. The molecule has 0 saturated carbocycles. The summed E-state index contributed by atoms with van der Waals surface area (Å²) in [6.45, 7) is 4.83. The van der Waals surface area contributed by atoms with E-state index < -0.39 is 6.36 Å². The Morgan fingerprint density at radius 2 is 1.88 bits per heavy atom. The number of carbonyl (C=O) groups excluding carboxylic acids is 1. The Morgan fingerprint density at radius 1 is 1.09 bits per heavy atom. The standard InChI is InChI=1S/C23H23ClF3N3O2/c24-20-11-18(29-9-8-28-7-1-2-17(28)14-29)10-16-13-30(22(31)21(16)20)12-15-3-5-19(6-4-15)32-23(25,26)27/h3-6,10-11,17H,1-2,7-9,12-14H2. The van der Waals surface area contributed by atoms with E-state index in [1.807, 2.05) is 6.07 Å². The topological polar surface area (TPSA) is 36.0 Å². The van der Waals surface area contributed by atoms with Crippen molar-refractivity contribution in [2.24, 2.45) is 0 Å². The van der Waals surface area contributed by atoms with Crippen molar-refractivity contribution in [2.45, 2.75) is 38.3 Å². The molecule has 2 saturated heterocycles. The van der Waals surface area contributed by atoms with Gasteiger partial charge in [0.05, 0.1) is 10.6 Å². The van der Waals surface area contributed by atoms with E-state index in [2.05, 4.69) is 20.6 Å². The molecule has 0 bridgehead atoms. The SMILES string of the molecule is O=C1c2c(Cl)cc(N3CCN4CCCC4C3)cc2CN1Cc1ccc(OC(F)(F)F)cc1. The molecule has 170 valence electrons. The van der Waals surface area contributed by atoms with Crippen LogP contribution in [-0.2, 0) is 13.1 Å². The Bertz CT molecular complexity index is 1030. The second-order valence-electron chi connectivity index (χ2n) is 8.59. The third-order valence-electron chi connectivity index (χ3n) is 6.50. The molecule has 2 fully saturated rings. The summed E-state index contributed by atoms with van der Waals surface area (Å²) in [7, 11) is 0. The van der Waals surface area contributed by atoms with Crippen LogP contribution >= 0.6 is 11.6 Å². The second-order valence-corrected chi connectivity index (χ2v) is 9.00. The number of anilines is 1. The fourth-order valence-corrected chi connectivity index (χ4v) is 5.31. The number of halogens is 4. The van der Waals surface area contributed by atoms with E-state index >= 15 is 0 Å². The van der Waals surface area contributed by atoms with Crippen molar-refractivity contribution in [1.82, 2.24) is 9.80 Å². The van der Waals surface area contributed by atoms with Gasteiger partial charge in [-0.1, -0.05) is 23.7 Å². The monoisotopic (exact) mass is 465 g/mol. The van der Waals surface area contributed by atoms with Crippen LogP contribution in [0.5, 0.6) is 5.75 Å². The fraction of sp³-hybridized carbons (Fsp3) is 0.435. The highest BCUT2D eigenvalue weighted by atomic mass is 35.5. The van der Waals surface area contributed by atoms with E-state index in [-0.39, 0.29) is 18.2 Å². The average Bonchev–Trinajstić information content (AvgIpc) is 3.32. The summed E-state index contributed by atoms with van der Waals surface area (Å²) in [5, 5.41) is 0.452. The summed E-state index contributed by atoms with van der Waals surface area (Å²) < 4.78 is 40.9. The molecule has 0 N–H and O–H groups in total. The summed E-state index contributed by atoms with van der Waals surface area (Å²) in [4.78, 5) is 19.5. The maximum atomic E-state index is 13.0. The Morgan fingerprint density at radius 3 is 2.62 bits per heavy atom. The zero-order valence-electron chi connectivity index (χ0n) is 17.4. The van der Waals surface area contributed by atoms with Gasteiger partial charge in [-0.3, -0.25) is 9.69 Å². The predicted octanol–water partition coefficient (Wildman–Crippen LogP) is 4.68. The Balaban J connectivity index is 1.29. The summed E-state index contributed by atoms with van der Waals surface area (Å²) in [6, 6.07) is 10.1. The van der Waals surface area contributed by atoms with E-state index in [1.54, 1.807) is 4.90 Å². The zero-order chi connectivity index (χ0) is 22.5. The highest BCUT2D eigenvalue weighted by Gasteiger charge is 2.34. The lowest BCUT2D eigenvalue weighted by Crippen LogP contribution is -2.50. The lowest BCUT2D eigenvalue weighted by Gasteiger charge is -2.39. The summed E-state index contributed by atoms with van der Waals surface area (Å²) in [5.74, 6) is -0.444. The number of fused-ring (bicyclic) bond motifs is 2. The van der Waals surface area contributed by atoms with Crippen molar-refractivity contribution in [3.05, 3.63) is 58.1 Å². The number of nitrogens with zero attached hydrogens (tertiary/aromatic N) is 3. The fourth-order valence-electron chi connectivity index (χ4n) is 5.00. The Labute approximate surface area is 189 Å². The number of hydrogen-bond donors (Lipinski definition) is 0. The molecule has 9 heteroatoms. The molecular weight excluding hydrogens is 443 g/mol. The van der Waals surface area contributed by atoms with Gasteiger partial charge in [0.25, 0.3) is 5.91 Å². The van der Waals surface area contributed by atoms with Gasteiger partial charge in [-0.15, -0.1) is 13.2 Å². The molecule has 1 unspecified atom stereocenters. The number of benzene rings is 2. The van der Waals surface area contributed by atoms with Crippen LogP contribution in [0.15, 0.2) is 36.4 Å². The minimum absolute atomic E-state index is 0.159. The maximum Gasteiger partial charge on any atom is 0.573 e. The van der Waals surface area contributed by atoms with Crippen molar-refractivity contribution in [2.75, 3.05) is 31.1 Å². The van der Waals surface area contributed by atoms with E-state index in [1.165, 1.54) is 43.7 Å². The van der Waals surface area contributed by atoms with Crippen molar-refractivity contribution < 1.29 is 22.7 Å². The Kier molecular flexibility index (Phi) is 5.45.